The number of nitrogens with zero attached hydrogens (tertiary/aromatic N) is 2. The average molecular weight is 458 g/mol. The molecule has 1 fully saturated rings. The molecule has 0 aromatic heterocycles. The molecule has 1 aliphatic heterocycles. The molecular weight excluding hydrogens is 434 g/mol. The standard InChI is InChI=1S/C22H24BrN3O3/c1-25(2)21(28)16-7-5-15(6-8-16)14-24-20(27)19-4-3-13-26(19)22(29)17-9-11-18(23)12-10-17/h5-12,19H,3-4,13-14H2,1-2H3,(H,24,27). The molecule has 2 aromatic carbocycles. The minimum atomic E-state index is -0.458. The van der Waals surface area contributed by atoms with Crippen molar-refractivity contribution in [3.63, 3.8) is 0 Å². The summed E-state index contributed by atoms with van der Waals surface area (Å²) in [5.41, 5.74) is 2.08. The molecule has 6 nitrogen and oxygen atoms in total. The molecule has 1 N–H and O–H groups in total. The van der Waals surface area contributed by atoms with Gasteiger partial charge in [-0.1, -0.05) is 28.1 Å². The summed E-state index contributed by atoms with van der Waals surface area (Å²) in [4.78, 5) is 40.6. The van der Waals surface area contributed by atoms with E-state index in [1.165, 1.54) is 4.90 Å². The molecule has 1 unspecified atom stereocenters. The predicted octanol–water partition coefficient (Wildman–Crippen LogP) is 3.07. The number of carbonyl (C=O) groups excluding carboxylic acids is 3. The number of nitrogens with one attached hydrogen (secondary N) is 1. The van der Waals surface area contributed by atoms with Crippen molar-refractivity contribution in [2.75, 3.05) is 20.6 Å². The molecule has 1 saturated heterocycles. The third kappa shape index (κ3) is 5.03. The fourth-order valence-corrected chi connectivity index (χ4v) is 3.64. The lowest BCUT2D eigenvalue weighted by atomic mass is 10.1. The van der Waals surface area contributed by atoms with E-state index in [4.69, 9.17) is 0 Å². The first kappa shape index (κ1) is 21.0. The number of likely N-dealkylation sites (tertiary alicyclic amines) is 1. The molecule has 0 saturated carbocycles. The predicted molar refractivity (Wildman–Crippen MR) is 115 cm³/mol. The second kappa shape index (κ2) is 9.22. The maximum atomic E-state index is 12.8. The minimum absolute atomic E-state index is 0.0614. The molecule has 152 valence electrons. The average Bonchev–Trinajstić information content (AvgIpc) is 3.22. The number of benzene rings is 2. The van der Waals surface area contributed by atoms with Crippen molar-refractivity contribution in [2.24, 2.45) is 0 Å². The van der Waals surface area contributed by atoms with Gasteiger partial charge in [-0.05, 0) is 54.8 Å². The fourth-order valence-electron chi connectivity index (χ4n) is 3.37. The van der Waals surface area contributed by atoms with Crippen LogP contribution in [0.2, 0.25) is 0 Å². The molecule has 2 aromatic rings. The number of halogens is 1. The first-order chi connectivity index (χ1) is 13.9. The van der Waals surface area contributed by atoms with E-state index in [0.29, 0.717) is 30.6 Å². The molecule has 0 spiro atoms. The second-order valence-corrected chi connectivity index (χ2v) is 8.19. The number of hydrogen-bond acceptors (Lipinski definition) is 3. The molecule has 1 atom stereocenters. The van der Waals surface area contributed by atoms with Crippen LogP contribution >= 0.6 is 15.9 Å². The first-order valence-corrected chi connectivity index (χ1v) is 10.3. The maximum Gasteiger partial charge on any atom is 0.254 e. The lowest BCUT2D eigenvalue weighted by Gasteiger charge is -2.24. The Morgan fingerprint density at radius 3 is 2.28 bits per heavy atom. The molecule has 0 radical (unpaired) electrons. The van der Waals surface area contributed by atoms with Gasteiger partial charge >= 0.3 is 0 Å². The van der Waals surface area contributed by atoms with Crippen LogP contribution < -0.4 is 5.32 Å². The van der Waals surface area contributed by atoms with Crippen LogP contribution in [0.25, 0.3) is 0 Å². The Bertz CT molecular complexity index is 895. The van der Waals surface area contributed by atoms with Gasteiger partial charge in [-0.2, -0.15) is 0 Å². The summed E-state index contributed by atoms with van der Waals surface area (Å²) in [6.07, 6.45) is 1.46. The topological polar surface area (TPSA) is 69.7 Å². The first-order valence-electron chi connectivity index (χ1n) is 9.51. The normalized spacial score (nSPS) is 15.8. The van der Waals surface area contributed by atoms with Crippen molar-refractivity contribution in [3.8, 4) is 0 Å². The number of rotatable bonds is 5. The Hall–Kier alpha value is -2.67. The quantitative estimate of drug-likeness (QED) is 0.749. The second-order valence-electron chi connectivity index (χ2n) is 7.28. The molecular formula is C22H24BrN3O3. The van der Waals surface area contributed by atoms with Gasteiger partial charge in [-0.25, -0.2) is 0 Å². The van der Waals surface area contributed by atoms with Gasteiger partial charge < -0.3 is 15.1 Å². The monoisotopic (exact) mass is 457 g/mol. The Balaban J connectivity index is 1.60. The smallest absolute Gasteiger partial charge is 0.254 e. The van der Waals surface area contributed by atoms with E-state index in [0.717, 1.165) is 16.5 Å². The highest BCUT2D eigenvalue weighted by molar-refractivity contribution is 9.10. The van der Waals surface area contributed by atoms with Crippen molar-refractivity contribution < 1.29 is 14.4 Å². The van der Waals surface area contributed by atoms with Crippen molar-refractivity contribution >= 4 is 33.7 Å². The van der Waals surface area contributed by atoms with E-state index < -0.39 is 6.04 Å². The van der Waals surface area contributed by atoms with Crippen molar-refractivity contribution in [3.05, 3.63) is 69.7 Å². The summed E-state index contributed by atoms with van der Waals surface area (Å²) in [6, 6.07) is 13.9. The zero-order valence-electron chi connectivity index (χ0n) is 16.5. The zero-order chi connectivity index (χ0) is 21.0. The molecule has 0 aliphatic carbocycles. The molecule has 0 bridgehead atoms. The van der Waals surface area contributed by atoms with Crippen LogP contribution in [0.15, 0.2) is 53.0 Å². The third-order valence-corrected chi connectivity index (χ3v) is 5.51. The van der Waals surface area contributed by atoms with E-state index in [9.17, 15) is 14.4 Å². The SMILES string of the molecule is CN(C)C(=O)c1ccc(CNC(=O)C2CCCN2C(=O)c2ccc(Br)cc2)cc1. The van der Waals surface area contributed by atoms with E-state index in [2.05, 4.69) is 21.2 Å². The summed E-state index contributed by atoms with van der Waals surface area (Å²) < 4.78 is 0.906. The van der Waals surface area contributed by atoms with Gasteiger partial charge in [0.2, 0.25) is 5.91 Å². The van der Waals surface area contributed by atoms with Gasteiger partial charge in [0.05, 0.1) is 0 Å². The molecule has 3 rings (SSSR count). The molecule has 29 heavy (non-hydrogen) atoms. The summed E-state index contributed by atoms with van der Waals surface area (Å²) in [6.45, 7) is 0.931. The van der Waals surface area contributed by atoms with Crippen LogP contribution in [0.1, 0.15) is 39.1 Å². The maximum absolute atomic E-state index is 12.8. The number of hydrogen-bond donors (Lipinski definition) is 1. The van der Waals surface area contributed by atoms with E-state index in [1.54, 1.807) is 43.3 Å². The summed E-state index contributed by atoms with van der Waals surface area (Å²) >= 11 is 3.37. The number of carbonyl (C=O) groups is 3. The van der Waals surface area contributed by atoms with Gasteiger partial charge in [-0.15, -0.1) is 0 Å². The van der Waals surface area contributed by atoms with Gasteiger partial charge in [-0.3, -0.25) is 14.4 Å². The van der Waals surface area contributed by atoms with E-state index in [-0.39, 0.29) is 17.7 Å². The van der Waals surface area contributed by atoms with Crippen LogP contribution in [0, 0.1) is 0 Å². The summed E-state index contributed by atoms with van der Waals surface area (Å²) in [5.74, 6) is -0.336. The van der Waals surface area contributed by atoms with Crippen LogP contribution in [0.4, 0.5) is 0 Å². The van der Waals surface area contributed by atoms with Gasteiger partial charge in [0.15, 0.2) is 0 Å². The zero-order valence-corrected chi connectivity index (χ0v) is 18.1. The Kier molecular flexibility index (Phi) is 6.69. The van der Waals surface area contributed by atoms with Gasteiger partial charge in [0.1, 0.15) is 6.04 Å². The third-order valence-electron chi connectivity index (χ3n) is 4.98. The van der Waals surface area contributed by atoms with Gasteiger partial charge in [0.25, 0.3) is 11.8 Å². The Labute approximate surface area is 179 Å². The highest BCUT2D eigenvalue weighted by Gasteiger charge is 2.34. The van der Waals surface area contributed by atoms with Crippen molar-refractivity contribution in [1.29, 1.82) is 0 Å². The van der Waals surface area contributed by atoms with Crippen LogP contribution in [-0.2, 0) is 11.3 Å². The molecule has 1 heterocycles. The Morgan fingerprint density at radius 2 is 1.66 bits per heavy atom. The van der Waals surface area contributed by atoms with Crippen molar-refractivity contribution in [1.82, 2.24) is 15.1 Å². The van der Waals surface area contributed by atoms with Crippen LogP contribution in [-0.4, -0.2) is 54.2 Å². The van der Waals surface area contributed by atoms with E-state index in [1.807, 2.05) is 24.3 Å². The molecule has 1 aliphatic rings. The fraction of sp³-hybridized carbons (Fsp3) is 0.318. The Morgan fingerprint density at radius 1 is 1.03 bits per heavy atom. The highest BCUT2D eigenvalue weighted by atomic mass is 79.9. The molecule has 7 heteroatoms. The number of amides is 3. The van der Waals surface area contributed by atoms with Crippen molar-refractivity contribution in [2.45, 2.75) is 25.4 Å². The minimum Gasteiger partial charge on any atom is -0.350 e. The lowest BCUT2D eigenvalue weighted by Crippen LogP contribution is -2.45. The van der Waals surface area contributed by atoms with Crippen LogP contribution in [0.5, 0.6) is 0 Å². The van der Waals surface area contributed by atoms with E-state index >= 15 is 0 Å². The largest absolute Gasteiger partial charge is 0.350 e. The lowest BCUT2D eigenvalue weighted by molar-refractivity contribution is -0.125. The van der Waals surface area contributed by atoms with Gasteiger partial charge in [0, 0.05) is 42.8 Å². The highest BCUT2D eigenvalue weighted by Crippen LogP contribution is 2.21. The summed E-state index contributed by atoms with van der Waals surface area (Å²) in [7, 11) is 3.42. The summed E-state index contributed by atoms with van der Waals surface area (Å²) in [5, 5.41) is 2.92. The van der Waals surface area contributed by atoms with Crippen LogP contribution in [0.3, 0.4) is 0 Å². The molecule has 3 amide bonds.